The third-order valence-corrected chi connectivity index (χ3v) is 7.55. The van der Waals surface area contributed by atoms with Gasteiger partial charge in [-0.1, -0.05) is 34.8 Å². The van der Waals surface area contributed by atoms with Crippen LogP contribution in [0.1, 0.15) is 12.8 Å². The second-order valence-corrected chi connectivity index (χ2v) is 9.77. The van der Waals surface area contributed by atoms with Crippen LogP contribution in [0.3, 0.4) is 0 Å². The van der Waals surface area contributed by atoms with Crippen LogP contribution in [-0.4, -0.2) is 38.8 Å². The highest BCUT2D eigenvalue weighted by molar-refractivity contribution is 7.89. The number of hydrogen-bond donors (Lipinski definition) is 1. The molecule has 0 aromatic heterocycles. The summed E-state index contributed by atoms with van der Waals surface area (Å²) < 4.78 is 32.8. The van der Waals surface area contributed by atoms with Gasteiger partial charge in [-0.3, -0.25) is 4.79 Å². The van der Waals surface area contributed by atoms with Gasteiger partial charge in [0, 0.05) is 23.8 Å². The Morgan fingerprint density at radius 1 is 1.14 bits per heavy atom. The standard InChI is InChI=1S/C19H19Cl3N2O4S/c1-28-17-7-4-13(20)9-18(17)29(26,27)24-8-2-3-12(11-24)19(25)23-14-5-6-15(21)16(22)10-14/h4-7,9-10,12H,2-3,8,11H2,1H3,(H,23,25)/t12-/m1/s1. The maximum Gasteiger partial charge on any atom is 0.246 e. The molecule has 1 fully saturated rings. The Hall–Kier alpha value is -1.51. The number of methoxy groups -OCH3 is 1. The number of carbonyl (C=O) groups is 1. The summed E-state index contributed by atoms with van der Waals surface area (Å²) in [7, 11) is -2.48. The van der Waals surface area contributed by atoms with Crippen LogP contribution in [0.25, 0.3) is 0 Å². The van der Waals surface area contributed by atoms with Crippen molar-refractivity contribution in [1.82, 2.24) is 4.31 Å². The van der Waals surface area contributed by atoms with Crippen molar-refractivity contribution in [2.45, 2.75) is 17.7 Å². The molecule has 2 aromatic carbocycles. The first-order valence-corrected chi connectivity index (χ1v) is 11.4. The molecule has 1 heterocycles. The van der Waals surface area contributed by atoms with E-state index in [-0.39, 0.29) is 28.1 Å². The lowest BCUT2D eigenvalue weighted by molar-refractivity contribution is -0.120. The van der Waals surface area contributed by atoms with E-state index in [2.05, 4.69) is 5.32 Å². The summed E-state index contributed by atoms with van der Waals surface area (Å²) >= 11 is 17.9. The summed E-state index contributed by atoms with van der Waals surface area (Å²) in [4.78, 5) is 12.7. The Bertz CT molecular complexity index is 1030. The lowest BCUT2D eigenvalue weighted by Gasteiger charge is -2.31. The molecule has 0 aliphatic carbocycles. The van der Waals surface area contributed by atoms with E-state index in [0.29, 0.717) is 35.1 Å². The van der Waals surface area contributed by atoms with E-state index >= 15 is 0 Å². The largest absolute Gasteiger partial charge is 0.495 e. The van der Waals surface area contributed by atoms with E-state index in [1.165, 1.54) is 23.5 Å². The van der Waals surface area contributed by atoms with E-state index in [9.17, 15) is 13.2 Å². The van der Waals surface area contributed by atoms with E-state index in [1.54, 1.807) is 24.3 Å². The van der Waals surface area contributed by atoms with Crippen molar-refractivity contribution in [3.05, 3.63) is 51.5 Å². The topological polar surface area (TPSA) is 75.7 Å². The number of anilines is 1. The third kappa shape index (κ3) is 4.98. The lowest BCUT2D eigenvalue weighted by atomic mass is 9.99. The van der Waals surface area contributed by atoms with Gasteiger partial charge in [-0.15, -0.1) is 0 Å². The first-order valence-electron chi connectivity index (χ1n) is 8.82. The van der Waals surface area contributed by atoms with Crippen LogP contribution in [0.5, 0.6) is 5.75 Å². The summed E-state index contributed by atoms with van der Waals surface area (Å²) in [5.41, 5.74) is 0.501. The monoisotopic (exact) mass is 476 g/mol. The number of nitrogens with one attached hydrogen (secondary N) is 1. The SMILES string of the molecule is COc1ccc(Cl)cc1S(=O)(=O)N1CCC[C@@H](C(=O)Nc2ccc(Cl)c(Cl)c2)C1. The number of amides is 1. The fraction of sp³-hybridized carbons (Fsp3) is 0.316. The van der Waals surface area contributed by atoms with Gasteiger partial charge in [-0.05, 0) is 49.2 Å². The molecule has 1 amide bonds. The summed E-state index contributed by atoms with van der Waals surface area (Å²) in [5.74, 6) is -0.573. The fourth-order valence-corrected chi connectivity index (χ4v) is 5.42. The van der Waals surface area contributed by atoms with Crippen LogP contribution in [0.4, 0.5) is 5.69 Å². The van der Waals surface area contributed by atoms with E-state index < -0.39 is 15.9 Å². The molecule has 3 rings (SSSR count). The van der Waals surface area contributed by atoms with Gasteiger partial charge in [0.15, 0.2) is 0 Å². The molecule has 0 unspecified atom stereocenters. The molecule has 2 aromatic rings. The molecule has 1 aliphatic rings. The summed E-state index contributed by atoms with van der Waals surface area (Å²) in [6.45, 7) is 0.375. The van der Waals surface area contributed by atoms with E-state index in [1.807, 2.05) is 0 Å². The molecule has 1 saturated heterocycles. The summed E-state index contributed by atoms with van der Waals surface area (Å²) in [6, 6.07) is 9.20. The number of benzene rings is 2. The van der Waals surface area contributed by atoms with Crippen molar-refractivity contribution in [3.63, 3.8) is 0 Å². The van der Waals surface area contributed by atoms with Crippen molar-refractivity contribution in [3.8, 4) is 5.75 Å². The fourth-order valence-electron chi connectivity index (χ4n) is 3.18. The molecule has 0 spiro atoms. The van der Waals surface area contributed by atoms with E-state index in [0.717, 1.165) is 0 Å². The van der Waals surface area contributed by atoms with Crippen molar-refractivity contribution >= 4 is 56.4 Å². The minimum atomic E-state index is -3.87. The maximum atomic E-state index is 13.2. The number of hydrogen-bond acceptors (Lipinski definition) is 4. The first-order chi connectivity index (χ1) is 13.7. The van der Waals surface area contributed by atoms with Crippen LogP contribution in [0.2, 0.25) is 15.1 Å². The highest BCUT2D eigenvalue weighted by Crippen LogP contribution is 2.32. The zero-order valence-corrected chi connectivity index (χ0v) is 18.6. The van der Waals surface area contributed by atoms with Crippen molar-refractivity contribution in [1.29, 1.82) is 0 Å². The maximum absolute atomic E-state index is 13.2. The highest BCUT2D eigenvalue weighted by atomic mass is 35.5. The quantitative estimate of drug-likeness (QED) is 0.677. The van der Waals surface area contributed by atoms with Gasteiger partial charge in [-0.2, -0.15) is 4.31 Å². The second kappa shape index (κ2) is 9.10. The second-order valence-electron chi connectivity index (χ2n) is 6.62. The Kier molecular flexibility index (Phi) is 6.96. The smallest absolute Gasteiger partial charge is 0.246 e. The molecule has 0 bridgehead atoms. The van der Waals surface area contributed by atoms with Gasteiger partial charge in [0.1, 0.15) is 10.6 Å². The summed E-state index contributed by atoms with van der Waals surface area (Å²) in [5, 5.41) is 3.77. The number of ether oxygens (including phenoxy) is 1. The first kappa shape index (κ1) is 22.2. The zero-order chi connectivity index (χ0) is 21.2. The Morgan fingerprint density at radius 2 is 1.90 bits per heavy atom. The molecule has 0 radical (unpaired) electrons. The molecule has 1 atom stereocenters. The minimum absolute atomic E-state index is 0.0157. The van der Waals surface area contributed by atoms with Crippen LogP contribution in [0.15, 0.2) is 41.3 Å². The number of carbonyl (C=O) groups excluding carboxylic acids is 1. The molecule has 156 valence electrons. The predicted molar refractivity (Wildman–Crippen MR) is 115 cm³/mol. The molecule has 10 heteroatoms. The number of halogens is 3. The van der Waals surface area contributed by atoms with Gasteiger partial charge < -0.3 is 10.1 Å². The average Bonchev–Trinajstić information content (AvgIpc) is 2.70. The van der Waals surface area contributed by atoms with Gasteiger partial charge in [-0.25, -0.2) is 8.42 Å². The predicted octanol–water partition coefficient (Wildman–Crippen LogP) is 4.69. The normalized spacial score (nSPS) is 17.7. The molecular weight excluding hydrogens is 459 g/mol. The molecule has 0 saturated carbocycles. The van der Waals surface area contributed by atoms with Crippen LogP contribution in [0, 0.1) is 5.92 Å². The van der Waals surface area contributed by atoms with Gasteiger partial charge in [0.05, 0.1) is 23.1 Å². The lowest BCUT2D eigenvalue weighted by Crippen LogP contribution is -2.43. The minimum Gasteiger partial charge on any atom is -0.495 e. The number of rotatable bonds is 5. The average molecular weight is 478 g/mol. The van der Waals surface area contributed by atoms with Crippen molar-refractivity contribution < 1.29 is 17.9 Å². The van der Waals surface area contributed by atoms with Crippen LogP contribution < -0.4 is 10.1 Å². The Balaban J connectivity index is 1.78. The number of nitrogens with zero attached hydrogens (tertiary/aromatic N) is 1. The molecule has 6 nitrogen and oxygen atoms in total. The molecule has 29 heavy (non-hydrogen) atoms. The molecular formula is C19H19Cl3N2O4S. The van der Waals surface area contributed by atoms with Crippen LogP contribution in [-0.2, 0) is 14.8 Å². The summed E-state index contributed by atoms with van der Waals surface area (Å²) in [6.07, 6.45) is 1.13. The molecule has 1 aliphatic heterocycles. The van der Waals surface area contributed by atoms with E-state index in [4.69, 9.17) is 39.5 Å². The third-order valence-electron chi connectivity index (χ3n) is 4.69. The van der Waals surface area contributed by atoms with Crippen LogP contribution >= 0.6 is 34.8 Å². The van der Waals surface area contributed by atoms with Gasteiger partial charge >= 0.3 is 0 Å². The van der Waals surface area contributed by atoms with Crippen molar-refractivity contribution in [2.75, 3.05) is 25.5 Å². The number of sulfonamides is 1. The van der Waals surface area contributed by atoms with Gasteiger partial charge in [0.2, 0.25) is 15.9 Å². The Labute approximate surface area is 184 Å². The highest BCUT2D eigenvalue weighted by Gasteiger charge is 2.35. The Morgan fingerprint density at radius 3 is 2.59 bits per heavy atom. The van der Waals surface area contributed by atoms with Gasteiger partial charge in [0.25, 0.3) is 0 Å². The molecule has 1 N–H and O–H groups in total. The number of piperidine rings is 1. The van der Waals surface area contributed by atoms with Crippen molar-refractivity contribution in [2.24, 2.45) is 5.92 Å². The zero-order valence-electron chi connectivity index (χ0n) is 15.5.